The Balaban J connectivity index is 1.73. The van der Waals surface area contributed by atoms with Gasteiger partial charge in [-0.05, 0) is 76.9 Å². The smallest absolute Gasteiger partial charge is 0.242 e. The molecule has 0 bridgehead atoms. The van der Waals surface area contributed by atoms with E-state index in [1.165, 1.54) is 12.1 Å². The molecule has 0 saturated heterocycles. The van der Waals surface area contributed by atoms with E-state index in [0.29, 0.717) is 31.0 Å². The molecule has 2 rings (SSSR count). The first-order valence-electron chi connectivity index (χ1n) is 10.6. The van der Waals surface area contributed by atoms with Crippen LogP contribution in [0, 0.1) is 11.8 Å². The van der Waals surface area contributed by atoms with Crippen LogP contribution in [-0.4, -0.2) is 64.9 Å². The van der Waals surface area contributed by atoms with Gasteiger partial charge in [0.15, 0.2) is 0 Å². The Hall–Kier alpha value is -1.68. The zero-order chi connectivity index (χ0) is 23.0. The summed E-state index contributed by atoms with van der Waals surface area (Å²) >= 11 is 5.81. The maximum absolute atomic E-state index is 12.5. The lowest BCUT2D eigenvalue weighted by Gasteiger charge is -2.28. The molecule has 0 unspecified atom stereocenters. The second-order valence-corrected chi connectivity index (χ2v) is 10.6. The summed E-state index contributed by atoms with van der Waals surface area (Å²) in [6, 6.07) is 5.46. The number of carbonyl (C=O) groups is 2. The number of amides is 2. The van der Waals surface area contributed by atoms with Gasteiger partial charge in [0.1, 0.15) is 6.04 Å². The van der Waals surface area contributed by atoms with Crippen LogP contribution in [0.25, 0.3) is 0 Å². The monoisotopic (exact) mass is 472 g/mol. The fraction of sp³-hybridized carbons (Fsp3) is 0.619. The van der Waals surface area contributed by atoms with Gasteiger partial charge in [-0.3, -0.25) is 9.59 Å². The van der Waals surface area contributed by atoms with Crippen molar-refractivity contribution in [1.29, 1.82) is 0 Å². The summed E-state index contributed by atoms with van der Waals surface area (Å²) in [6.45, 7) is 3.28. The molecule has 1 aliphatic rings. The Kier molecular flexibility index (Phi) is 9.74. The topological polar surface area (TPSA) is 108 Å². The molecule has 8 nitrogen and oxygen atoms in total. The molecule has 3 N–H and O–H groups in total. The molecule has 0 heterocycles. The molecular weight excluding hydrogens is 440 g/mol. The highest BCUT2D eigenvalue weighted by molar-refractivity contribution is 7.89. The van der Waals surface area contributed by atoms with Crippen LogP contribution >= 0.6 is 11.6 Å². The average Bonchev–Trinajstić information content (AvgIpc) is 2.72. The normalized spacial score (nSPS) is 20.3. The van der Waals surface area contributed by atoms with E-state index in [2.05, 4.69) is 15.4 Å². The Bertz CT molecular complexity index is 837. The molecule has 1 atom stereocenters. The number of benzene rings is 1. The van der Waals surface area contributed by atoms with E-state index >= 15 is 0 Å². The second-order valence-electron chi connectivity index (χ2n) is 8.35. The number of hydrogen-bond donors (Lipinski definition) is 3. The minimum absolute atomic E-state index is 0.115. The van der Waals surface area contributed by atoms with Crippen molar-refractivity contribution in [3.63, 3.8) is 0 Å². The van der Waals surface area contributed by atoms with Gasteiger partial charge in [0.2, 0.25) is 21.8 Å². The minimum atomic E-state index is -3.58. The lowest BCUT2D eigenvalue weighted by atomic mass is 9.81. The summed E-state index contributed by atoms with van der Waals surface area (Å²) in [6.07, 6.45) is 2.86. The molecule has 0 spiro atoms. The van der Waals surface area contributed by atoms with Crippen molar-refractivity contribution < 1.29 is 18.0 Å². The summed E-state index contributed by atoms with van der Waals surface area (Å²) in [5.41, 5.74) is 0. The molecule has 1 aromatic carbocycles. The molecule has 0 aromatic heterocycles. The molecule has 0 aliphatic heterocycles. The molecule has 31 heavy (non-hydrogen) atoms. The zero-order valence-corrected chi connectivity index (χ0v) is 19.9. The van der Waals surface area contributed by atoms with Crippen LogP contribution in [-0.2, 0) is 19.6 Å². The fourth-order valence-electron chi connectivity index (χ4n) is 3.51. The standard InChI is InChI=1S/C21H33ClN4O4S/c1-15(20(27)23-12-13-26(2)3)25-21(28)17-6-4-16(5-7-17)14-24-31(29,30)19-10-8-18(22)9-11-19/h8-11,15-17,24H,4-7,12-14H2,1-3H3,(H,23,27)(H,25,28)/t15-,16?,17?/m1/s1. The van der Waals surface area contributed by atoms with E-state index in [1.807, 2.05) is 19.0 Å². The van der Waals surface area contributed by atoms with Crippen LogP contribution in [0.1, 0.15) is 32.6 Å². The Morgan fingerprint density at radius 3 is 2.32 bits per heavy atom. The maximum atomic E-state index is 12.5. The maximum Gasteiger partial charge on any atom is 0.242 e. The molecule has 1 aliphatic carbocycles. The predicted octanol–water partition coefficient (Wildman–Crippen LogP) is 1.61. The summed E-state index contributed by atoms with van der Waals surface area (Å²) < 4.78 is 27.4. The van der Waals surface area contributed by atoms with Crippen LogP contribution in [0.5, 0.6) is 0 Å². The number of halogens is 1. The Morgan fingerprint density at radius 1 is 1.13 bits per heavy atom. The lowest BCUT2D eigenvalue weighted by molar-refractivity contribution is -0.131. The third kappa shape index (κ3) is 8.40. The van der Waals surface area contributed by atoms with Crippen molar-refractivity contribution in [2.24, 2.45) is 11.8 Å². The fourth-order valence-corrected chi connectivity index (χ4v) is 4.75. The van der Waals surface area contributed by atoms with E-state index in [9.17, 15) is 18.0 Å². The van der Waals surface area contributed by atoms with Crippen LogP contribution in [0.15, 0.2) is 29.2 Å². The van der Waals surface area contributed by atoms with Crippen molar-refractivity contribution in [3.05, 3.63) is 29.3 Å². The first-order chi connectivity index (χ1) is 14.6. The number of sulfonamides is 1. The Labute approximate surface area is 190 Å². The zero-order valence-electron chi connectivity index (χ0n) is 18.4. The predicted molar refractivity (Wildman–Crippen MR) is 121 cm³/mol. The van der Waals surface area contributed by atoms with Gasteiger partial charge < -0.3 is 15.5 Å². The van der Waals surface area contributed by atoms with E-state index < -0.39 is 16.1 Å². The molecule has 1 fully saturated rings. The number of rotatable bonds is 10. The van der Waals surface area contributed by atoms with Gasteiger partial charge >= 0.3 is 0 Å². The van der Waals surface area contributed by atoms with Crippen molar-refractivity contribution in [2.45, 2.75) is 43.5 Å². The quantitative estimate of drug-likeness (QED) is 0.479. The first-order valence-corrected chi connectivity index (χ1v) is 12.4. The van der Waals surface area contributed by atoms with Crippen molar-refractivity contribution in [3.8, 4) is 0 Å². The highest BCUT2D eigenvalue weighted by Crippen LogP contribution is 2.29. The third-order valence-corrected chi connectivity index (χ3v) is 7.21. The number of likely N-dealkylation sites (N-methyl/N-ethyl adjacent to an activating group) is 1. The lowest BCUT2D eigenvalue weighted by Crippen LogP contribution is -2.48. The number of nitrogens with one attached hydrogen (secondary N) is 3. The molecule has 1 aromatic rings. The summed E-state index contributed by atoms with van der Waals surface area (Å²) in [4.78, 5) is 26.8. The van der Waals surface area contributed by atoms with Crippen molar-refractivity contribution in [2.75, 3.05) is 33.7 Å². The number of hydrogen-bond acceptors (Lipinski definition) is 5. The molecule has 2 amide bonds. The number of carbonyl (C=O) groups excluding carboxylic acids is 2. The first kappa shape index (κ1) is 25.6. The summed E-state index contributed by atoms with van der Waals surface area (Å²) in [7, 11) is 0.274. The van der Waals surface area contributed by atoms with Gasteiger partial charge in [-0.25, -0.2) is 13.1 Å². The molecule has 10 heteroatoms. The largest absolute Gasteiger partial charge is 0.353 e. The van der Waals surface area contributed by atoms with E-state index in [-0.39, 0.29) is 28.5 Å². The summed E-state index contributed by atoms with van der Waals surface area (Å²) in [5, 5.41) is 6.09. The molecular formula is C21H33ClN4O4S. The van der Waals surface area contributed by atoms with E-state index in [4.69, 9.17) is 11.6 Å². The molecule has 174 valence electrons. The van der Waals surface area contributed by atoms with Gasteiger partial charge in [0.25, 0.3) is 0 Å². The highest BCUT2D eigenvalue weighted by Gasteiger charge is 2.29. The van der Waals surface area contributed by atoms with E-state index in [0.717, 1.165) is 19.4 Å². The minimum Gasteiger partial charge on any atom is -0.353 e. The third-order valence-electron chi connectivity index (χ3n) is 5.51. The molecule has 0 radical (unpaired) electrons. The number of nitrogens with zero attached hydrogens (tertiary/aromatic N) is 1. The summed E-state index contributed by atoms with van der Waals surface area (Å²) in [5.74, 6) is -0.282. The van der Waals surface area contributed by atoms with Crippen LogP contribution < -0.4 is 15.4 Å². The molecule has 1 saturated carbocycles. The van der Waals surface area contributed by atoms with Crippen LogP contribution in [0.2, 0.25) is 5.02 Å². The van der Waals surface area contributed by atoms with Gasteiger partial charge in [-0.15, -0.1) is 0 Å². The average molecular weight is 473 g/mol. The van der Waals surface area contributed by atoms with Gasteiger partial charge in [0, 0.05) is 30.6 Å². The highest BCUT2D eigenvalue weighted by atomic mass is 35.5. The van der Waals surface area contributed by atoms with Gasteiger partial charge in [-0.2, -0.15) is 0 Å². The van der Waals surface area contributed by atoms with E-state index in [1.54, 1.807) is 19.1 Å². The van der Waals surface area contributed by atoms with Gasteiger partial charge in [-0.1, -0.05) is 11.6 Å². The van der Waals surface area contributed by atoms with Crippen LogP contribution in [0.3, 0.4) is 0 Å². The second kappa shape index (κ2) is 11.8. The van der Waals surface area contributed by atoms with Crippen molar-refractivity contribution >= 4 is 33.4 Å². The Morgan fingerprint density at radius 2 is 1.74 bits per heavy atom. The van der Waals surface area contributed by atoms with Gasteiger partial charge in [0.05, 0.1) is 4.90 Å². The van der Waals surface area contributed by atoms with Crippen LogP contribution in [0.4, 0.5) is 0 Å². The van der Waals surface area contributed by atoms with Crippen molar-refractivity contribution in [1.82, 2.24) is 20.3 Å². The SMILES string of the molecule is C[C@@H](NC(=O)C1CCC(CNS(=O)(=O)c2ccc(Cl)cc2)CC1)C(=O)NCCN(C)C.